The molecule has 1 saturated heterocycles. The lowest BCUT2D eigenvalue weighted by atomic mass is 9.86. The zero-order valence-electron chi connectivity index (χ0n) is 20.2. The first-order valence-electron chi connectivity index (χ1n) is 11.8. The Morgan fingerprint density at radius 1 is 1.00 bits per heavy atom. The Hall–Kier alpha value is -2.38. The lowest BCUT2D eigenvalue weighted by Crippen LogP contribution is -2.57. The van der Waals surface area contributed by atoms with Crippen LogP contribution in [0.4, 0.5) is 13.2 Å². The molecule has 2 aromatic rings. The van der Waals surface area contributed by atoms with Crippen LogP contribution in [0.2, 0.25) is 0 Å². The smallest absolute Gasteiger partial charge is 0.380 e. The Balaban J connectivity index is 1.62. The zero-order chi connectivity index (χ0) is 25.0. The lowest BCUT2D eigenvalue weighted by molar-refractivity contribution is -0.273. The normalized spacial score (nSPS) is 17.9. The molecule has 1 atom stereocenters. The quantitative estimate of drug-likeness (QED) is 0.612. The molecular formula is C27H35F3N2O2. The van der Waals surface area contributed by atoms with Crippen molar-refractivity contribution in [1.29, 1.82) is 0 Å². The van der Waals surface area contributed by atoms with Crippen LogP contribution in [0.5, 0.6) is 0 Å². The van der Waals surface area contributed by atoms with Crippen LogP contribution in [0.3, 0.4) is 0 Å². The van der Waals surface area contributed by atoms with Crippen molar-refractivity contribution >= 4 is 5.91 Å². The Kier molecular flexibility index (Phi) is 8.09. The number of hydrogen-bond donors (Lipinski definition) is 2. The highest BCUT2D eigenvalue weighted by atomic mass is 19.4. The minimum absolute atomic E-state index is 0.0398. The van der Waals surface area contributed by atoms with Gasteiger partial charge in [-0.15, -0.1) is 0 Å². The van der Waals surface area contributed by atoms with Crippen LogP contribution in [-0.4, -0.2) is 53.4 Å². The second-order valence-corrected chi connectivity index (χ2v) is 10.3. The molecule has 0 aromatic heterocycles. The minimum atomic E-state index is -4.63. The van der Waals surface area contributed by atoms with E-state index in [0.29, 0.717) is 13.0 Å². The highest BCUT2D eigenvalue weighted by molar-refractivity contribution is 5.78. The Morgan fingerprint density at radius 3 is 2.12 bits per heavy atom. The van der Waals surface area contributed by atoms with E-state index in [2.05, 4.69) is 26.1 Å². The van der Waals surface area contributed by atoms with Gasteiger partial charge in [-0.25, -0.2) is 0 Å². The predicted molar refractivity (Wildman–Crippen MR) is 128 cm³/mol. The molecule has 0 saturated carbocycles. The average molecular weight is 477 g/mol. The maximum atomic E-state index is 13.2. The van der Waals surface area contributed by atoms with Crippen molar-refractivity contribution in [2.75, 3.05) is 19.6 Å². The van der Waals surface area contributed by atoms with Crippen LogP contribution in [-0.2, 0) is 23.1 Å². The minimum Gasteiger partial charge on any atom is -0.380 e. The van der Waals surface area contributed by atoms with E-state index in [4.69, 9.17) is 0 Å². The van der Waals surface area contributed by atoms with Crippen molar-refractivity contribution in [2.45, 2.75) is 69.7 Å². The number of carbonyl (C=O) groups excluding carboxylic acids is 1. The summed E-state index contributed by atoms with van der Waals surface area (Å²) >= 11 is 0. The van der Waals surface area contributed by atoms with Gasteiger partial charge in [0.25, 0.3) is 0 Å². The number of carbonyl (C=O) groups is 1. The first kappa shape index (κ1) is 26.2. The number of hydrogen-bond acceptors (Lipinski definition) is 3. The molecule has 3 rings (SSSR count). The van der Waals surface area contributed by atoms with Gasteiger partial charge >= 0.3 is 6.18 Å². The summed E-state index contributed by atoms with van der Waals surface area (Å²) in [5.74, 6) is -0.120. The van der Waals surface area contributed by atoms with E-state index in [-0.39, 0.29) is 49.7 Å². The number of alkyl halides is 3. The molecule has 0 spiro atoms. The number of amides is 1. The van der Waals surface area contributed by atoms with Crippen LogP contribution >= 0.6 is 0 Å². The van der Waals surface area contributed by atoms with Crippen molar-refractivity contribution in [3.63, 3.8) is 0 Å². The van der Waals surface area contributed by atoms with Crippen molar-refractivity contribution < 1.29 is 23.1 Å². The summed E-state index contributed by atoms with van der Waals surface area (Å²) in [7, 11) is 0. The molecule has 0 bridgehead atoms. The Morgan fingerprint density at radius 2 is 1.59 bits per heavy atom. The first-order chi connectivity index (χ1) is 15.9. The molecule has 1 unspecified atom stereocenters. The molecule has 0 aliphatic carbocycles. The number of nitrogens with zero attached hydrogens (tertiary/aromatic N) is 1. The zero-order valence-corrected chi connectivity index (χ0v) is 20.2. The van der Waals surface area contributed by atoms with Gasteiger partial charge in [0.1, 0.15) is 0 Å². The number of piperidine rings is 1. The van der Waals surface area contributed by atoms with E-state index in [1.54, 1.807) is 0 Å². The summed E-state index contributed by atoms with van der Waals surface area (Å²) < 4.78 is 39.7. The third-order valence-electron chi connectivity index (χ3n) is 6.70. The van der Waals surface area contributed by atoms with Gasteiger partial charge in [0.05, 0.1) is 6.42 Å². The molecule has 186 valence electrons. The van der Waals surface area contributed by atoms with Gasteiger partial charge in [-0.3, -0.25) is 9.69 Å². The fraction of sp³-hybridized carbons (Fsp3) is 0.519. The fourth-order valence-corrected chi connectivity index (χ4v) is 4.36. The maximum absolute atomic E-state index is 13.2. The highest BCUT2D eigenvalue weighted by Gasteiger charge is 2.54. The summed E-state index contributed by atoms with van der Waals surface area (Å²) in [6.45, 7) is 6.99. The molecular weight excluding hydrogens is 441 g/mol. The van der Waals surface area contributed by atoms with Gasteiger partial charge in [0.2, 0.25) is 5.91 Å². The molecule has 1 amide bonds. The molecule has 0 radical (unpaired) electrons. The van der Waals surface area contributed by atoms with Gasteiger partial charge in [-0.2, -0.15) is 13.2 Å². The highest BCUT2D eigenvalue weighted by Crippen LogP contribution is 2.38. The number of aliphatic hydroxyl groups is 1. The fourth-order valence-electron chi connectivity index (χ4n) is 4.36. The summed E-state index contributed by atoms with van der Waals surface area (Å²) in [4.78, 5) is 14.6. The van der Waals surface area contributed by atoms with Gasteiger partial charge in [0, 0.05) is 25.7 Å². The molecule has 1 heterocycles. The van der Waals surface area contributed by atoms with E-state index < -0.39 is 11.8 Å². The molecule has 2 N–H and O–H groups in total. The van der Waals surface area contributed by atoms with Crippen LogP contribution in [0.1, 0.15) is 50.3 Å². The van der Waals surface area contributed by atoms with Gasteiger partial charge in [-0.05, 0) is 41.4 Å². The van der Waals surface area contributed by atoms with Gasteiger partial charge in [0.15, 0.2) is 5.60 Å². The molecule has 1 aliphatic rings. The molecule has 7 heteroatoms. The first-order valence-corrected chi connectivity index (χ1v) is 11.8. The molecule has 2 aromatic carbocycles. The summed E-state index contributed by atoms with van der Waals surface area (Å²) in [5.41, 5.74) is 0.569. The SMILES string of the molecule is CC(C)(C)c1ccc(CC(=O)NCC(Cc2ccccc2)N2CCC(O)(C(F)(F)F)CC2)cc1. The standard InChI is InChI=1S/C27H35F3N2O2/c1-25(2,3)22-11-9-21(10-12-22)18-24(33)31-19-23(17-20-7-5-4-6-8-20)32-15-13-26(34,14-16-32)27(28,29)30/h4-12,23,34H,13-19H2,1-3H3,(H,31,33). The molecule has 1 aliphatic heterocycles. The second kappa shape index (κ2) is 10.5. The van der Waals surface area contributed by atoms with Crippen molar-refractivity contribution in [3.8, 4) is 0 Å². The van der Waals surface area contributed by atoms with Crippen molar-refractivity contribution in [1.82, 2.24) is 10.2 Å². The number of rotatable bonds is 7. The number of likely N-dealkylation sites (tertiary alicyclic amines) is 1. The van der Waals surface area contributed by atoms with Gasteiger partial charge < -0.3 is 10.4 Å². The lowest BCUT2D eigenvalue weighted by Gasteiger charge is -2.42. The summed E-state index contributed by atoms with van der Waals surface area (Å²) in [6.07, 6.45) is -4.52. The average Bonchev–Trinajstić information content (AvgIpc) is 2.77. The van der Waals surface area contributed by atoms with Crippen LogP contribution in [0.25, 0.3) is 0 Å². The number of halogens is 3. The number of benzene rings is 2. The Bertz CT molecular complexity index is 929. The maximum Gasteiger partial charge on any atom is 0.417 e. The topological polar surface area (TPSA) is 52.6 Å². The van der Waals surface area contributed by atoms with E-state index in [1.807, 2.05) is 59.5 Å². The third kappa shape index (κ3) is 6.83. The summed E-state index contributed by atoms with van der Waals surface area (Å²) in [5, 5.41) is 13.0. The van der Waals surface area contributed by atoms with Crippen molar-refractivity contribution in [2.24, 2.45) is 0 Å². The van der Waals surface area contributed by atoms with E-state index in [1.165, 1.54) is 5.56 Å². The van der Waals surface area contributed by atoms with E-state index in [0.717, 1.165) is 11.1 Å². The van der Waals surface area contributed by atoms with E-state index >= 15 is 0 Å². The van der Waals surface area contributed by atoms with Crippen LogP contribution < -0.4 is 5.32 Å². The van der Waals surface area contributed by atoms with E-state index in [9.17, 15) is 23.1 Å². The largest absolute Gasteiger partial charge is 0.417 e. The van der Waals surface area contributed by atoms with Gasteiger partial charge in [-0.1, -0.05) is 75.4 Å². The van der Waals surface area contributed by atoms with Crippen molar-refractivity contribution in [3.05, 3.63) is 71.3 Å². The molecule has 1 fully saturated rings. The monoisotopic (exact) mass is 476 g/mol. The van der Waals surface area contributed by atoms with Crippen LogP contribution in [0, 0.1) is 0 Å². The predicted octanol–water partition coefficient (Wildman–Crippen LogP) is 4.64. The second-order valence-electron chi connectivity index (χ2n) is 10.3. The number of nitrogens with one attached hydrogen (secondary N) is 1. The Labute approximate surface area is 200 Å². The third-order valence-corrected chi connectivity index (χ3v) is 6.70. The molecule has 34 heavy (non-hydrogen) atoms. The van der Waals surface area contributed by atoms with Crippen LogP contribution in [0.15, 0.2) is 54.6 Å². The molecule has 4 nitrogen and oxygen atoms in total. The summed E-state index contributed by atoms with van der Waals surface area (Å²) in [6, 6.07) is 17.5.